The van der Waals surface area contributed by atoms with Gasteiger partial charge >= 0.3 is 6.09 Å². The molecule has 3 N–H and O–H groups in total. The second-order valence-corrected chi connectivity index (χ2v) is 11.5. The van der Waals surface area contributed by atoms with E-state index < -0.39 is 23.6 Å². The van der Waals surface area contributed by atoms with E-state index in [1.54, 1.807) is 32.9 Å². The molecular weight excluding hydrogens is 444 g/mol. The van der Waals surface area contributed by atoms with E-state index in [0.717, 1.165) is 36.7 Å². The van der Waals surface area contributed by atoms with E-state index in [0.29, 0.717) is 12.0 Å². The number of nitrogens with one attached hydrogen (secondary N) is 1. The van der Waals surface area contributed by atoms with Crippen molar-refractivity contribution >= 4 is 17.9 Å². The highest BCUT2D eigenvalue weighted by molar-refractivity contribution is 5.93. The van der Waals surface area contributed by atoms with E-state index in [-0.39, 0.29) is 24.4 Å². The molecule has 2 aliphatic heterocycles. The number of nitrogens with two attached hydrogens (primary N) is 1. The van der Waals surface area contributed by atoms with Crippen molar-refractivity contribution in [1.29, 1.82) is 0 Å². The van der Waals surface area contributed by atoms with E-state index in [2.05, 4.69) is 31.0 Å². The van der Waals surface area contributed by atoms with E-state index in [1.807, 2.05) is 6.07 Å². The molecule has 8 nitrogen and oxygen atoms in total. The maximum absolute atomic E-state index is 13.6. The monoisotopic (exact) mass is 486 g/mol. The fourth-order valence-electron chi connectivity index (χ4n) is 4.71. The number of benzene rings is 1. The molecule has 0 unspecified atom stereocenters. The summed E-state index contributed by atoms with van der Waals surface area (Å²) in [5.74, 6) is 0.299. The van der Waals surface area contributed by atoms with Gasteiger partial charge in [-0.3, -0.25) is 14.5 Å². The van der Waals surface area contributed by atoms with E-state index >= 15 is 0 Å². The number of hydrogen-bond acceptors (Lipinski definition) is 5. The molecule has 1 saturated heterocycles. The molecule has 35 heavy (non-hydrogen) atoms. The number of carbonyl (C=O) groups is 3. The second-order valence-electron chi connectivity index (χ2n) is 11.5. The Morgan fingerprint density at radius 3 is 2.37 bits per heavy atom. The van der Waals surface area contributed by atoms with Gasteiger partial charge in [-0.15, -0.1) is 0 Å². The summed E-state index contributed by atoms with van der Waals surface area (Å²) in [6.45, 7) is 15.0. The highest BCUT2D eigenvalue weighted by Gasteiger charge is 2.38. The quantitative estimate of drug-likeness (QED) is 0.642. The summed E-state index contributed by atoms with van der Waals surface area (Å²) in [5, 5.41) is 3.25. The van der Waals surface area contributed by atoms with Crippen LogP contribution in [-0.2, 0) is 22.5 Å². The zero-order chi connectivity index (χ0) is 25.9. The van der Waals surface area contributed by atoms with Gasteiger partial charge in [0, 0.05) is 24.6 Å². The molecule has 0 bridgehead atoms. The van der Waals surface area contributed by atoms with Crippen molar-refractivity contribution in [2.75, 3.05) is 19.6 Å². The summed E-state index contributed by atoms with van der Waals surface area (Å²) in [6, 6.07) is 4.50. The van der Waals surface area contributed by atoms with Crippen LogP contribution < -0.4 is 11.1 Å². The van der Waals surface area contributed by atoms with Crippen molar-refractivity contribution in [2.24, 2.45) is 17.6 Å². The highest BCUT2D eigenvalue weighted by Crippen LogP contribution is 2.27. The van der Waals surface area contributed by atoms with Gasteiger partial charge in [-0.2, -0.15) is 0 Å². The predicted molar refractivity (Wildman–Crippen MR) is 136 cm³/mol. The fraction of sp³-hybridized carbons (Fsp3) is 0.667. The van der Waals surface area contributed by atoms with Gasteiger partial charge in [0.1, 0.15) is 11.6 Å². The number of carbonyl (C=O) groups excluding carboxylic acids is 3. The first-order chi connectivity index (χ1) is 16.3. The highest BCUT2D eigenvalue weighted by atomic mass is 16.6. The SMILES string of the molecule is CC1CCN(C[C@@H](NC(=O)[C@H]2Cc3ccc(C(N)=O)cc3CN2C(=O)OC(C)(C)C)C(C)C)CC1. The average Bonchev–Trinajstić information content (AvgIpc) is 2.77. The maximum Gasteiger partial charge on any atom is 0.411 e. The van der Waals surface area contributed by atoms with Gasteiger partial charge in [0.25, 0.3) is 0 Å². The number of primary amides is 1. The van der Waals surface area contributed by atoms with Crippen molar-refractivity contribution in [3.63, 3.8) is 0 Å². The smallest absolute Gasteiger partial charge is 0.411 e. The molecule has 1 aromatic carbocycles. The number of likely N-dealkylation sites (tertiary alicyclic amines) is 1. The molecule has 3 amide bonds. The van der Waals surface area contributed by atoms with Crippen molar-refractivity contribution in [2.45, 2.75) is 85.0 Å². The minimum atomic E-state index is -0.695. The van der Waals surface area contributed by atoms with Gasteiger partial charge < -0.3 is 20.7 Å². The molecule has 2 atom stereocenters. The predicted octanol–water partition coefficient (Wildman–Crippen LogP) is 3.32. The maximum atomic E-state index is 13.6. The lowest BCUT2D eigenvalue weighted by atomic mass is 9.91. The molecule has 2 heterocycles. The number of hydrogen-bond donors (Lipinski definition) is 2. The lowest BCUT2D eigenvalue weighted by Crippen LogP contribution is -2.57. The first-order valence-electron chi connectivity index (χ1n) is 12.8. The Labute approximate surface area is 209 Å². The standard InChI is InChI=1S/C27H42N4O4/c1-17(2)22(16-30-11-9-18(3)10-12-30)29-25(33)23-14-19-7-8-20(24(28)32)13-21(19)15-31(23)26(34)35-27(4,5)6/h7-8,13,17-18,22-23H,9-12,14-16H2,1-6H3,(H2,28,32)(H,29,33)/t22-,23-/m1/s1. The number of amides is 3. The molecule has 0 spiro atoms. The molecule has 0 aromatic heterocycles. The number of fused-ring (bicyclic) bond motifs is 1. The molecule has 1 fully saturated rings. The molecule has 194 valence electrons. The third-order valence-electron chi connectivity index (χ3n) is 7.02. The number of rotatable bonds is 6. The molecular formula is C27H42N4O4. The van der Waals surface area contributed by atoms with Crippen molar-refractivity contribution < 1.29 is 19.1 Å². The Balaban J connectivity index is 1.81. The Bertz CT molecular complexity index is 932. The third-order valence-corrected chi connectivity index (χ3v) is 7.02. The van der Waals surface area contributed by atoms with Crippen LogP contribution in [0, 0.1) is 11.8 Å². The van der Waals surface area contributed by atoms with Crippen LogP contribution in [0.4, 0.5) is 4.79 Å². The number of piperidine rings is 1. The summed E-state index contributed by atoms with van der Waals surface area (Å²) in [6.07, 6.45) is 2.17. The number of ether oxygens (including phenoxy) is 1. The third kappa shape index (κ3) is 7.19. The molecule has 1 aromatic rings. The van der Waals surface area contributed by atoms with Gasteiger partial charge in [-0.05, 0) is 81.8 Å². The van der Waals surface area contributed by atoms with Gasteiger partial charge in [0.2, 0.25) is 11.8 Å². The van der Waals surface area contributed by atoms with Crippen molar-refractivity contribution in [3.8, 4) is 0 Å². The first kappa shape index (κ1) is 27.0. The Kier molecular flexibility index (Phi) is 8.46. The van der Waals surface area contributed by atoms with Crippen LogP contribution in [0.5, 0.6) is 0 Å². The van der Waals surface area contributed by atoms with Crippen LogP contribution in [0.3, 0.4) is 0 Å². The average molecular weight is 487 g/mol. The normalized spacial score (nSPS) is 20.3. The van der Waals surface area contributed by atoms with Gasteiger partial charge in [-0.25, -0.2) is 4.79 Å². The summed E-state index contributed by atoms with van der Waals surface area (Å²) >= 11 is 0. The van der Waals surface area contributed by atoms with Crippen LogP contribution in [-0.4, -0.2) is 65.0 Å². The fourth-order valence-corrected chi connectivity index (χ4v) is 4.71. The van der Waals surface area contributed by atoms with Gasteiger partial charge in [0.05, 0.1) is 6.54 Å². The Morgan fingerprint density at radius 1 is 1.14 bits per heavy atom. The summed E-state index contributed by atoms with van der Waals surface area (Å²) < 4.78 is 5.64. The topological polar surface area (TPSA) is 105 Å². The van der Waals surface area contributed by atoms with Crippen molar-refractivity contribution in [1.82, 2.24) is 15.1 Å². The molecule has 0 aliphatic carbocycles. The first-order valence-corrected chi connectivity index (χ1v) is 12.8. The molecule has 0 radical (unpaired) electrons. The number of nitrogens with zero attached hydrogens (tertiary/aromatic N) is 2. The zero-order valence-corrected chi connectivity index (χ0v) is 22.1. The lowest BCUT2D eigenvalue weighted by Gasteiger charge is -2.39. The van der Waals surface area contributed by atoms with Crippen LogP contribution in [0.15, 0.2) is 18.2 Å². The molecule has 3 rings (SSSR count). The summed E-state index contributed by atoms with van der Waals surface area (Å²) in [5.41, 5.74) is 6.88. The summed E-state index contributed by atoms with van der Waals surface area (Å²) in [7, 11) is 0. The minimum absolute atomic E-state index is 0.0185. The lowest BCUT2D eigenvalue weighted by molar-refractivity contribution is -0.128. The molecule has 2 aliphatic rings. The zero-order valence-electron chi connectivity index (χ0n) is 22.1. The summed E-state index contributed by atoms with van der Waals surface area (Å²) in [4.78, 5) is 42.4. The van der Waals surface area contributed by atoms with Gasteiger partial charge in [0.15, 0.2) is 0 Å². The molecule has 0 saturated carbocycles. The van der Waals surface area contributed by atoms with Crippen molar-refractivity contribution in [3.05, 3.63) is 34.9 Å². The van der Waals surface area contributed by atoms with Crippen LogP contribution in [0.2, 0.25) is 0 Å². The minimum Gasteiger partial charge on any atom is -0.444 e. The van der Waals surface area contributed by atoms with E-state index in [9.17, 15) is 14.4 Å². The Hall–Kier alpha value is -2.61. The van der Waals surface area contributed by atoms with Crippen LogP contribution >= 0.6 is 0 Å². The van der Waals surface area contributed by atoms with E-state index in [1.165, 1.54) is 17.7 Å². The van der Waals surface area contributed by atoms with Crippen LogP contribution in [0.25, 0.3) is 0 Å². The molecule has 8 heteroatoms. The van der Waals surface area contributed by atoms with E-state index in [4.69, 9.17) is 10.5 Å². The second kappa shape index (κ2) is 11.0. The largest absolute Gasteiger partial charge is 0.444 e. The van der Waals surface area contributed by atoms with Gasteiger partial charge in [-0.1, -0.05) is 26.8 Å². The van der Waals surface area contributed by atoms with Crippen LogP contribution in [0.1, 0.15) is 75.9 Å². The Morgan fingerprint density at radius 2 is 1.80 bits per heavy atom.